The maximum Gasteiger partial charge on any atom is 0 e. The van der Waals surface area contributed by atoms with E-state index < -0.39 is 0 Å². The van der Waals surface area contributed by atoms with E-state index in [0.29, 0.717) is 0 Å². The summed E-state index contributed by atoms with van der Waals surface area (Å²) in [4.78, 5) is 0. The molecule has 4 heavy (non-hydrogen) atoms. The van der Waals surface area contributed by atoms with Gasteiger partial charge in [-0.1, -0.05) is 0 Å². The molecule has 0 N–H and O–H groups in total. The second-order valence-corrected chi connectivity index (χ2v) is 0. The summed E-state index contributed by atoms with van der Waals surface area (Å²) < 4.78 is 0. The predicted molar refractivity (Wildman–Crippen MR) is 6.41 cm³/mol. The molecule has 0 aliphatic carbocycles. The van der Waals surface area contributed by atoms with Crippen LogP contribution in [0.2, 0.25) is 0 Å². The molecule has 0 bridgehead atoms. The molecule has 0 heterocycles. The first-order valence-corrected chi connectivity index (χ1v) is 0. The molecule has 0 amide bonds. The minimum Gasteiger partial charge on any atom is -0.358 e. The molecule has 0 atom stereocenters. The Morgan fingerprint density at radius 2 is 1.00 bits per heavy atom. The van der Waals surface area contributed by atoms with Crippen LogP contribution < -0.4 is 0 Å². The first-order valence-electron chi connectivity index (χ1n) is 0. The van der Waals surface area contributed by atoms with Crippen LogP contribution in [0.3, 0.4) is 0 Å². The second kappa shape index (κ2) is 21.9. The molecule has 0 saturated carbocycles. The Kier molecular flexibility index (Phi) is 233. The molecule has 0 aliphatic rings. The fourth-order valence-electron chi connectivity index (χ4n) is 0. The van der Waals surface area contributed by atoms with Crippen molar-refractivity contribution >= 4 is 0 Å². The van der Waals surface area contributed by atoms with Crippen molar-refractivity contribution in [1.29, 1.82) is 0 Å². The molecule has 0 rings (SSSR count). The van der Waals surface area contributed by atoms with Crippen LogP contribution in [0.15, 0.2) is 0 Å². The fourth-order valence-corrected chi connectivity index (χ4v) is 0. The summed E-state index contributed by atoms with van der Waals surface area (Å²) in [5.41, 5.74) is 0. The molecule has 0 fully saturated rings. The van der Waals surface area contributed by atoms with Crippen molar-refractivity contribution < 1.29 is 55.5 Å². The van der Waals surface area contributed by atoms with E-state index in [4.69, 9.17) is 0 Å². The summed E-state index contributed by atoms with van der Waals surface area (Å²) in [6, 6.07) is 0. The zero-order chi connectivity index (χ0) is 0. The monoisotopic (exact) mass is 221 g/mol. The van der Waals surface area contributed by atoms with Crippen molar-refractivity contribution in [3.63, 3.8) is 0 Å². The van der Waals surface area contributed by atoms with E-state index in [9.17, 15) is 0 Å². The molecule has 0 nitrogen and oxygen atoms in total. The Balaban J connectivity index is 0. The Bertz CT molecular complexity index is 8.00. The Hall–Kier alpha value is 1.74. The van der Waals surface area contributed by atoms with Gasteiger partial charge < -0.3 is 7.43 Å². The fraction of sp³-hybridized carbons (Fsp3) is 0. The van der Waals surface area contributed by atoms with Crippen LogP contribution in [0.5, 0.6) is 0 Å². The average Bonchev–Trinajstić information content (AvgIpc) is 0. The molecule has 0 aromatic heterocycles. The van der Waals surface area contributed by atoms with Crippen LogP contribution in [0.25, 0.3) is 0 Å². The average molecular weight is 219 g/mol. The van der Waals surface area contributed by atoms with Gasteiger partial charge in [-0.3, -0.25) is 0 Å². The van der Waals surface area contributed by atoms with Crippen molar-refractivity contribution in [2.24, 2.45) is 0 Å². The third-order valence-corrected chi connectivity index (χ3v) is 0. The second-order valence-electron chi connectivity index (χ2n) is 0. The van der Waals surface area contributed by atoms with Crippen LogP contribution in [-0.2, 0) is 55.5 Å². The zero-order valence-electron chi connectivity index (χ0n) is 2.17. The van der Waals surface area contributed by atoms with E-state index >= 15 is 0 Å². The number of rotatable bonds is 0. The minimum absolute atomic E-state index is 0. The van der Waals surface area contributed by atoms with Crippen molar-refractivity contribution in [2.75, 3.05) is 0 Å². The van der Waals surface area contributed by atoms with Gasteiger partial charge in [-0.05, 0) is 0 Å². The van der Waals surface area contributed by atoms with Gasteiger partial charge in [0, 0.05) is 55.5 Å². The predicted octanol–water partition coefficient (Wildman–Crippen LogP) is 0.443. The zero-order valence-corrected chi connectivity index (χ0v) is 6.56. The number of hydrogen-bond acceptors (Lipinski definition) is 0. The SMILES string of the molecule is [CH3-].[Cr].[Fe].[Mo]. The van der Waals surface area contributed by atoms with Gasteiger partial charge in [0.2, 0.25) is 0 Å². The number of hydrogen-bond donors (Lipinski definition) is 0. The van der Waals surface area contributed by atoms with E-state index in [-0.39, 0.29) is 62.9 Å². The summed E-state index contributed by atoms with van der Waals surface area (Å²) in [6.45, 7) is 0. The van der Waals surface area contributed by atoms with Gasteiger partial charge in [0.1, 0.15) is 0 Å². The van der Waals surface area contributed by atoms with E-state index in [2.05, 4.69) is 0 Å². The van der Waals surface area contributed by atoms with Gasteiger partial charge in [0.25, 0.3) is 0 Å². The van der Waals surface area contributed by atoms with Crippen molar-refractivity contribution in [3.05, 3.63) is 7.43 Å². The summed E-state index contributed by atoms with van der Waals surface area (Å²) in [5.74, 6) is 0. The van der Waals surface area contributed by atoms with Gasteiger partial charge in [0.15, 0.2) is 0 Å². The van der Waals surface area contributed by atoms with Gasteiger partial charge in [-0.15, -0.1) is 0 Å². The summed E-state index contributed by atoms with van der Waals surface area (Å²) >= 11 is 0. The molecule has 0 saturated heterocycles. The minimum atomic E-state index is 0. The largest absolute Gasteiger partial charge is 0.358 e. The molecule has 0 aromatic carbocycles. The molecule has 0 radical (unpaired) electrons. The molecule has 3 heteroatoms. The first-order chi connectivity index (χ1) is 0. The summed E-state index contributed by atoms with van der Waals surface area (Å²) in [6.07, 6.45) is 0. The van der Waals surface area contributed by atoms with E-state index in [1.165, 1.54) is 0 Å². The molecular weight excluding hydrogens is 216 g/mol. The quantitative estimate of drug-likeness (QED) is 0.409. The van der Waals surface area contributed by atoms with Crippen molar-refractivity contribution in [2.45, 2.75) is 0 Å². The van der Waals surface area contributed by atoms with Crippen LogP contribution in [0.1, 0.15) is 0 Å². The summed E-state index contributed by atoms with van der Waals surface area (Å²) in [7, 11) is 0. The van der Waals surface area contributed by atoms with Gasteiger partial charge >= 0.3 is 0 Å². The Morgan fingerprint density at radius 3 is 1.00 bits per heavy atom. The van der Waals surface area contributed by atoms with Crippen LogP contribution in [-0.4, -0.2) is 0 Å². The smallest absolute Gasteiger partial charge is 0 e. The first kappa shape index (κ1) is 42.6. The van der Waals surface area contributed by atoms with Crippen molar-refractivity contribution in [3.8, 4) is 0 Å². The Morgan fingerprint density at radius 1 is 1.00 bits per heavy atom. The van der Waals surface area contributed by atoms with E-state index in [0.717, 1.165) is 0 Å². The molecule has 0 aromatic rings. The molecular formula is CH3CrFeMo-. The van der Waals surface area contributed by atoms with Gasteiger partial charge in [-0.25, -0.2) is 0 Å². The van der Waals surface area contributed by atoms with Crippen LogP contribution in [0, 0.1) is 7.43 Å². The third-order valence-electron chi connectivity index (χ3n) is 0. The van der Waals surface area contributed by atoms with Crippen LogP contribution >= 0.6 is 0 Å². The van der Waals surface area contributed by atoms with E-state index in [1.807, 2.05) is 0 Å². The third kappa shape index (κ3) is 9.27. The maximum absolute atomic E-state index is 0. The maximum atomic E-state index is 0. The molecule has 28 valence electrons. The normalized spacial score (nSPS) is 0. The molecule has 0 spiro atoms. The van der Waals surface area contributed by atoms with Gasteiger partial charge in [0.05, 0.1) is 0 Å². The topological polar surface area (TPSA) is 0 Å². The summed E-state index contributed by atoms with van der Waals surface area (Å²) in [5, 5.41) is 0. The van der Waals surface area contributed by atoms with Gasteiger partial charge in [-0.2, -0.15) is 0 Å². The van der Waals surface area contributed by atoms with Crippen molar-refractivity contribution in [1.82, 2.24) is 0 Å². The standard InChI is InChI=1S/CH3.Cr.Fe.Mo/h1H3;;;/q-1;;;. The molecule has 0 aliphatic heterocycles. The molecule has 0 unspecified atom stereocenters. The van der Waals surface area contributed by atoms with E-state index in [1.54, 1.807) is 0 Å². The Labute approximate surface area is 62.6 Å². The van der Waals surface area contributed by atoms with Crippen LogP contribution in [0.4, 0.5) is 0 Å².